The molecular formula is C13H17BrN2O. The molecule has 1 fully saturated rings. The van der Waals surface area contributed by atoms with Gasteiger partial charge in [0.15, 0.2) is 0 Å². The second-order valence-corrected chi connectivity index (χ2v) is 5.34. The van der Waals surface area contributed by atoms with E-state index in [-0.39, 0.29) is 18.0 Å². The van der Waals surface area contributed by atoms with Crippen LogP contribution in [0.2, 0.25) is 0 Å². The minimum absolute atomic E-state index is 0.0577. The van der Waals surface area contributed by atoms with E-state index >= 15 is 0 Å². The van der Waals surface area contributed by atoms with Gasteiger partial charge in [-0.2, -0.15) is 0 Å². The van der Waals surface area contributed by atoms with Crippen LogP contribution >= 0.6 is 15.9 Å². The highest BCUT2D eigenvalue weighted by Gasteiger charge is 2.23. The summed E-state index contributed by atoms with van der Waals surface area (Å²) in [5.41, 5.74) is 1.19. The smallest absolute Gasteiger partial charge is 0.237 e. The van der Waals surface area contributed by atoms with Crippen LogP contribution in [-0.4, -0.2) is 18.5 Å². The van der Waals surface area contributed by atoms with Gasteiger partial charge in [-0.3, -0.25) is 10.1 Å². The summed E-state index contributed by atoms with van der Waals surface area (Å²) in [6, 6.07) is 8.29. The Labute approximate surface area is 110 Å². The Bertz CT molecular complexity index is 408. The minimum atomic E-state index is -0.0577. The van der Waals surface area contributed by atoms with Crippen molar-refractivity contribution in [2.75, 3.05) is 6.54 Å². The van der Waals surface area contributed by atoms with E-state index in [1.165, 1.54) is 5.56 Å². The van der Waals surface area contributed by atoms with Crippen molar-refractivity contribution in [3.63, 3.8) is 0 Å². The van der Waals surface area contributed by atoms with Gasteiger partial charge in [0.25, 0.3) is 0 Å². The number of hydrogen-bond donors (Lipinski definition) is 2. The molecule has 2 unspecified atom stereocenters. The van der Waals surface area contributed by atoms with Crippen LogP contribution in [0.5, 0.6) is 0 Å². The second kappa shape index (κ2) is 5.65. The normalized spacial score (nSPS) is 22.0. The molecule has 1 amide bonds. The first-order valence-electron chi connectivity index (χ1n) is 5.96. The van der Waals surface area contributed by atoms with Gasteiger partial charge in [0.1, 0.15) is 0 Å². The van der Waals surface area contributed by atoms with E-state index in [1.54, 1.807) is 0 Å². The Morgan fingerprint density at radius 1 is 1.53 bits per heavy atom. The number of amides is 1. The Hall–Kier alpha value is -0.870. The van der Waals surface area contributed by atoms with Crippen LogP contribution in [0.1, 0.15) is 31.4 Å². The van der Waals surface area contributed by atoms with Crippen LogP contribution in [0.15, 0.2) is 28.7 Å². The molecule has 0 aliphatic carbocycles. The Balaban J connectivity index is 2.00. The van der Waals surface area contributed by atoms with E-state index in [0.717, 1.165) is 23.9 Å². The molecule has 1 aromatic rings. The van der Waals surface area contributed by atoms with Gasteiger partial charge in [0.2, 0.25) is 5.91 Å². The molecule has 0 aromatic heterocycles. The molecule has 1 aliphatic heterocycles. The van der Waals surface area contributed by atoms with E-state index < -0.39 is 0 Å². The number of nitrogens with one attached hydrogen (secondary N) is 2. The monoisotopic (exact) mass is 296 g/mol. The molecule has 1 aliphatic rings. The molecule has 2 atom stereocenters. The van der Waals surface area contributed by atoms with Gasteiger partial charge in [-0.15, -0.1) is 0 Å². The van der Waals surface area contributed by atoms with Crippen LogP contribution in [0.3, 0.4) is 0 Å². The van der Waals surface area contributed by atoms with Gasteiger partial charge in [0, 0.05) is 17.1 Å². The summed E-state index contributed by atoms with van der Waals surface area (Å²) in [6.07, 6.45) is 1.97. The molecule has 1 saturated heterocycles. The topological polar surface area (TPSA) is 41.1 Å². The Morgan fingerprint density at radius 2 is 2.35 bits per heavy atom. The molecule has 2 rings (SSSR count). The molecule has 2 N–H and O–H groups in total. The van der Waals surface area contributed by atoms with Gasteiger partial charge in [0.05, 0.1) is 6.04 Å². The third-order valence-corrected chi connectivity index (χ3v) is 3.58. The largest absolute Gasteiger partial charge is 0.355 e. The number of piperidine rings is 1. The molecule has 3 nitrogen and oxygen atoms in total. The number of carbonyl (C=O) groups is 1. The average Bonchev–Trinajstić information content (AvgIpc) is 2.32. The lowest BCUT2D eigenvalue weighted by atomic mass is 10.0. The van der Waals surface area contributed by atoms with Gasteiger partial charge in [-0.1, -0.05) is 28.1 Å². The lowest BCUT2D eigenvalue weighted by Gasteiger charge is -2.26. The van der Waals surface area contributed by atoms with E-state index in [4.69, 9.17) is 0 Å². The van der Waals surface area contributed by atoms with E-state index in [0.29, 0.717) is 0 Å². The fraction of sp³-hybridized carbons (Fsp3) is 0.462. The van der Waals surface area contributed by atoms with Crippen molar-refractivity contribution in [3.8, 4) is 0 Å². The van der Waals surface area contributed by atoms with Crippen LogP contribution in [0.25, 0.3) is 0 Å². The first-order valence-corrected chi connectivity index (χ1v) is 6.75. The maximum atomic E-state index is 11.6. The molecule has 0 spiro atoms. The highest BCUT2D eigenvalue weighted by Crippen LogP contribution is 2.19. The van der Waals surface area contributed by atoms with Crippen LogP contribution in [0.4, 0.5) is 0 Å². The fourth-order valence-corrected chi connectivity index (χ4v) is 2.52. The van der Waals surface area contributed by atoms with Crippen molar-refractivity contribution in [2.45, 2.75) is 31.8 Å². The average molecular weight is 297 g/mol. The Kier molecular flexibility index (Phi) is 4.18. The summed E-state index contributed by atoms with van der Waals surface area (Å²) < 4.78 is 1.07. The summed E-state index contributed by atoms with van der Waals surface area (Å²) in [6.45, 7) is 2.89. The fourth-order valence-electron chi connectivity index (χ4n) is 2.11. The molecular weight excluding hydrogens is 280 g/mol. The predicted octanol–water partition coefficient (Wildman–Crippen LogP) is 2.38. The van der Waals surface area contributed by atoms with Crippen molar-refractivity contribution in [1.29, 1.82) is 0 Å². The second-order valence-electron chi connectivity index (χ2n) is 4.43. The summed E-state index contributed by atoms with van der Waals surface area (Å²) in [5.74, 6) is 0.123. The number of rotatable bonds is 3. The maximum absolute atomic E-state index is 11.6. The quantitative estimate of drug-likeness (QED) is 0.899. The maximum Gasteiger partial charge on any atom is 0.237 e. The standard InChI is InChI=1S/C13H17BrN2O/c1-9(10-4-2-5-11(14)8-10)16-12-6-3-7-15-13(12)17/h2,4-5,8-9,12,16H,3,6-7H2,1H3,(H,15,17). The first kappa shape index (κ1) is 12.6. The molecule has 4 heteroatoms. The Morgan fingerprint density at radius 3 is 3.06 bits per heavy atom. The molecule has 0 saturated carbocycles. The molecule has 17 heavy (non-hydrogen) atoms. The number of halogens is 1. The lowest BCUT2D eigenvalue weighted by molar-refractivity contribution is -0.124. The zero-order valence-corrected chi connectivity index (χ0v) is 11.5. The van der Waals surface area contributed by atoms with Crippen molar-refractivity contribution < 1.29 is 4.79 Å². The first-order chi connectivity index (χ1) is 8.16. The molecule has 0 bridgehead atoms. The number of benzene rings is 1. The van der Waals surface area contributed by atoms with Crippen molar-refractivity contribution in [2.24, 2.45) is 0 Å². The molecule has 92 valence electrons. The van der Waals surface area contributed by atoms with Gasteiger partial charge >= 0.3 is 0 Å². The van der Waals surface area contributed by atoms with Crippen molar-refractivity contribution in [3.05, 3.63) is 34.3 Å². The molecule has 1 aromatic carbocycles. The summed E-state index contributed by atoms with van der Waals surface area (Å²) in [7, 11) is 0. The zero-order chi connectivity index (χ0) is 12.3. The molecule has 0 radical (unpaired) electrons. The highest BCUT2D eigenvalue weighted by atomic mass is 79.9. The van der Waals surface area contributed by atoms with E-state index in [1.807, 2.05) is 12.1 Å². The van der Waals surface area contributed by atoms with Gasteiger partial charge in [-0.25, -0.2) is 0 Å². The highest BCUT2D eigenvalue weighted by molar-refractivity contribution is 9.10. The van der Waals surface area contributed by atoms with Crippen LogP contribution < -0.4 is 10.6 Å². The summed E-state index contributed by atoms with van der Waals surface area (Å²) in [5, 5.41) is 6.27. The third-order valence-electron chi connectivity index (χ3n) is 3.09. The van der Waals surface area contributed by atoms with E-state index in [9.17, 15) is 4.79 Å². The molecule has 1 heterocycles. The van der Waals surface area contributed by atoms with Crippen molar-refractivity contribution >= 4 is 21.8 Å². The van der Waals surface area contributed by atoms with E-state index in [2.05, 4.69) is 45.6 Å². The summed E-state index contributed by atoms with van der Waals surface area (Å²) in [4.78, 5) is 11.6. The number of carbonyl (C=O) groups excluding carboxylic acids is 1. The summed E-state index contributed by atoms with van der Waals surface area (Å²) >= 11 is 3.46. The van der Waals surface area contributed by atoms with Gasteiger partial charge in [-0.05, 0) is 37.5 Å². The van der Waals surface area contributed by atoms with Crippen LogP contribution in [-0.2, 0) is 4.79 Å². The lowest BCUT2D eigenvalue weighted by Crippen LogP contribution is -2.48. The predicted molar refractivity (Wildman–Crippen MR) is 71.7 cm³/mol. The zero-order valence-electron chi connectivity index (χ0n) is 9.87. The number of hydrogen-bond acceptors (Lipinski definition) is 2. The minimum Gasteiger partial charge on any atom is -0.355 e. The van der Waals surface area contributed by atoms with Gasteiger partial charge < -0.3 is 5.32 Å². The third kappa shape index (κ3) is 3.30. The van der Waals surface area contributed by atoms with Crippen LogP contribution in [0, 0.1) is 0 Å². The SMILES string of the molecule is CC(NC1CCCNC1=O)c1cccc(Br)c1. The van der Waals surface area contributed by atoms with Crippen molar-refractivity contribution in [1.82, 2.24) is 10.6 Å².